The molecule has 140 valence electrons. The highest BCUT2D eigenvalue weighted by atomic mass is 28.4. The molecule has 0 amide bonds. The zero-order valence-corrected chi connectivity index (χ0v) is 17.1. The standard InChI is InChI=1S/C27H22OSi/c1-5-13-22(14-6-1)26-21-27(23-15-7-2-8-16-23)29(28-26,24-17-9-3-10-18-24)25-19-11-4-12-20-25/h1-21,27H. The van der Waals surface area contributed by atoms with Gasteiger partial charge >= 0.3 is 8.32 Å². The second-order valence-electron chi connectivity index (χ2n) is 7.36. The normalized spacial score (nSPS) is 17.4. The Morgan fingerprint density at radius 2 is 0.966 bits per heavy atom. The molecule has 0 fully saturated rings. The summed E-state index contributed by atoms with van der Waals surface area (Å²) >= 11 is 0. The van der Waals surface area contributed by atoms with Crippen LogP contribution in [0.5, 0.6) is 0 Å². The van der Waals surface area contributed by atoms with Gasteiger partial charge in [0.15, 0.2) is 0 Å². The number of hydrogen-bond donors (Lipinski definition) is 0. The fourth-order valence-corrected chi connectivity index (χ4v) is 8.67. The summed E-state index contributed by atoms with van der Waals surface area (Å²) in [5, 5.41) is 2.59. The molecule has 1 aliphatic rings. The van der Waals surface area contributed by atoms with Gasteiger partial charge in [0.05, 0.1) is 0 Å². The molecule has 29 heavy (non-hydrogen) atoms. The maximum atomic E-state index is 7.07. The van der Waals surface area contributed by atoms with E-state index in [1.807, 2.05) is 6.07 Å². The third kappa shape index (κ3) is 3.12. The molecule has 1 nitrogen and oxygen atoms in total. The first kappa shape index (κ1) is 17.7. The highest BCUT2D eigenvalue weighted by molar-refractivity contribution is 7.00. The van der Waals surface area contributed by atoms with Crippen LogP contribution in [-0.4, -0.2) is 8.32 Å². The molecular formula is C27H22OSi. The quantitative estimate of drug-likeness (QED) is 0.438. The van der Waals surface area contributed by atoms with Crippen LogP contribution in [0.4, 0.5) is 0 Å². The van der Waals surface area contributed by atoms with Gasteiger partial charge in [-0.25, -0.2) is 0 Å². The van der Waals surface area contributed by atoms with Crippen LogP contribution in [0.1, 0.15) is 16.7 Å². The van der Waals surface area contributed by atoms with Crippen molar-refractivity contribution in [2.45, 2.75) is 5.54 Å². The molecule has 0 saturated heterocycles. The van der Waals surface area contributed by atoms with Gasteiger partial charge in [0.25, 0.3) is 0 Å². The van der Waals surface area contributed by atoms with Gasteiger partial charge in [-0.2, -0.15) is 0 Å². The van der Waals surface area contributed by atoms with E-state index in [9.17, 15) is 0 Å². The van der Waals surface area contributed by atoms with Gasteiger partial charge in [-0.3, -0.25) is 0 Å². The van der Waals surface area contributed by atoms with Crippen LogP contribution in [0.25, 0.3) is 5.76 Å². The molecule has 0 aliphatic carbocycles. The maximum absolute atomic E-state index is 7.07. The largest absolute Gasteiger partial charge is 0.533 e. The minimum atomic E-state index is -2.59. The van der Waals surface area contributed by atoms with Gasteiger partial charge in [0, 0.05) is 11.1 Å². The lowest BCUT2D eigenvalue weighted by Crippen LogP contribution is -2.62. The summed E-state index contributed by atoms with van der Waals surface area (Å²) in [6.07, 6.45) is 2.34. The van der Waals surface area contributed by atoms with E-state index in [0.29, 0.717) is 0 Å². The Morgan fingerprint density at radius 1 is 0.517 bits per heavy atom. The molecule has 0 aromatic heterocycles. The first-order chi connectivity index (χ1) is 14.4. The van der Waals surface area contributed by atoms with E-state index >= 15 is 0 Å². The predicted octanol–water partition coefficient (Wildman–Crippen LogP) is 5.14. The smallest absolute Gasteiger partial charge is 0.325 e. The highest BCUT2D eigenvalue weighted by Gasteiger charge is 2.53. The van der Waals surface area contributed by atoms with Crippen LogP contribution < -0.4 is 10.4 Å². The van der Waals surface area contributed by atoms with Crippen molar-refractivity contribution in [1.82, 2.24) is 0 Å². The zero-order valence-electron chi connectivity index (χ0n) is 16.1. The Bertz CT molecular complexity index is 1070. The molecule has 5 rings (SSSR count). The third-order valence-corrected chi connectivity index (χ3v) is 9.95. The van der Waals surface area contributed by atoms with E-state index < -0.39 is 8.32 Å². The molecule has 1 atom stereocenters. The van der Waals surface area contributed by atoms with Crippen LogP contribution in [0.15, 0.2) is 127 Å². The van der Waals surface area contributed by atoms with E-state index in [2.05, 4.69) is 121 Å². The second-order valence-corrected chi connectivity index (χ2v) is 10.8. The van der Waals surface area contributed by atoms with Crippen LogP contribution in [0, 0.1) is 0 Å². The second kappa shape index (κ2) is 7.57. The predicted molar refractivity (Wildman–Crippen MR) is 123 cm³/mol. The van der Waals surface area contributed by atoms with Gasteiger partial charge in [-0.05, 0) is 22.0 Å². The van der Waals surface area contributed by atoms with E-state index in [4.69, 9.17) is 4.43 Å². The van der Waals surface area contributed by atoms with E-state index in [0.717, 1.165) is 11.3 Å². The average molecular weight is 391 g/mol. The first-order valence-corrected chi connectivity index (χ1v) is 12.0. The third-order valence-electron chi connectivity index (χ3n) is 5.65. The van der Waals surface area contributed by atoms with Gasteiger partial charge in [0.1, 0.15) is 5.76 Å². The molecule has 1 heterocycles. The van der Waals surface area contributed by atoms with Crippen molar-refractivity contribution < 1.29 is 4.43 Å². The Kier molecular flexibility index (Phi) is 4.63. The number of hydrogen-bond acceptors (Lipinski definition) is 1. The topological polar surface area (TPSA) is 9.23 Å². The average Bonchev–Trinajstić information content (AvgIpc) is 3.23. The van der Waals surface area contributed by atoms with Gasteiger partial charge < -0.3 is 4.43 Å². The monoisotopic (exact) mass is 390 g/mol. The highest BCUT2D eigenvalue weighted by Crippen LogP contribution is 2.41. The molecule has 0 spiro atoms. The van der Waals surface area contributed by atoms with Crippen molar-refractivity contribution in [3.8, 4) is 0 Å². The lowest BCUT2D eigenvalue weighted by atomic mass is 10.1. The summed E-state index contributed by atoms with van der Waals surface area (Å²) in [4.78, 5) is 0. The van der Waals surface area contributed by atoms with Crippen molar-refractivity contribution in [1.29, 1.82) is 0 Å². The van der Waals surface area contributed by atoms with Gasteiger partial charge in [0.2, 0.25) is 0 Å². The fraction of sp³-hybridized carbons (Fsp3) is 0.0370. The van der Waals surface area contributed by atoms with Crippen molar-refractivity contribution >= 4 is 24.5 Å². The van der Waals surface area contributed by atoms with E-state index in [-0.39, 0.29) is 5.54 Å². The number of benzene rings is 4. The summed E-state index contributed by atoms with van der Waals surface area (Å²) in [5.74, 6) is 0.985. The number of allylic oxidation sites excluding steroid dienone is 1. The van der Waals surface area contributed by atoms with Crippen LogP contribution in [-0.2, 0) is 4.43 Å². The molecule has 1 unspecified atom stereocenters. The summed E-state index contributed by atoms with van der Waals surface area (Å²) in [6, 6.07) is 42.8. The van der Waals surface area contributed by atoms with Gasteiger partial charge in [-0.1, -0.05) is 121 Å². The molecule has 0 bridgehead atoms. The Morgan fingerprint density at radius 3 is 1.48 bits per heavy atom. The van der Waals surface area contributed by atoms with E-state index in [1.165, 1.54) is 15.9 Å². The molecule has 0 saturated carbocycles. The molecule has 4 aromatic carbocycles. The van der Waals surface area contributed by atoms with Crippen molar-refractivity contribution in [3.05, 3.63) is 139 Å². The molecule has 2 heteroatoms. The minimum Gasteiger partial charge on any atom is -0.533 e. The summed E-state index contributed by atoms with van der Waals surface area (Å²) in [7, 11) is -2.59. The Balaban J connectivity index is 1.76. The van der Waals surface area contributed by atoms with E-state index in [1.54, 1.807) is 0 Å². The summed E-state index contributed by atoms with van der Waals surface area (Å²) in [6.45, 7) is 0. The van der Waals surface area contributed by atoms with Crippen LogP contribution in [0.3, 0.4) is 0 Å². The van der Waals surface area contributed by atoms with Crippen molar-refractivity contribution in [2.75, 3.05) is 0 Å². The fourth-order valence-electron chi connectivity index (χ4n) is 4.30. The number of rotatable bonds is 4. The molecule has 0 radical (unpaired) electrons. The lowest BCUT2D eigenvalue weighted by Gasteiger charge is -2.33. The van der Waals surface area contributed by atoms with Crippen LogP contribution in [0.2, 0.25) is 0 Å². The zero-order chi connectivity index (χ0) is 19.5. The maximum Gasteiger partial charge on any atom is 0.325 e. The Labute approximate surface area is 173 Å². The van der Waals surface area contributed by atoms with Gasteiger partial charge in [-0.15, -0.1) is 0 Å². The minimum absolute atomic E-state index is 0.198. The molecule has 1 aliphatic heterocycles. The van der Waals surface area contributed by atoms with Crippen molar-refractivity contribution in [3.63, 3.8) is 0 Å². The summed E-state index contributed by atoms with van der Waals surface area (Å²) < 4.78 is 7.07. The lowest BCUT2D eigenvalue weighted by molar-refractivity contribution is 0.533. The molecule has 0 N–H and O–H groups in total. The summed E-state index contributed by atoms with van der Waals surface area (Å²) in [5.41, 5.74) is 2.64. The molecule has 4 aromatic rings. The first-order valence-electron chi connectivity index (χ1n) is 10.0. The Hall–Kier alpha value is -3.36. The van der Waals surface area contributed by atoms with Crippen LogP contribution >= 0.6 is 0 Å². The van der Waals surface area contributed by atoms with Crippen molar-refractivity contribution in [2.24, 2.45) is 0 Å². The SMILES string of the molecule is C1=C(c2ccccc2)O[Si](c2ccccc2)(c2ccccc2)C1c1ccccc1. The molecular weight excluding hydrogens is 368 g/mol.